The Morgan fingerprint density at radius 1 is 1.32 bits per heavy atom. The molecule has 7 nitrogen and oxygen atoms in total. The van der Waals surface area contributed by atoms with Gasteiger partial charge in [0.1, 0.15) is 12.4 Å². The Bertz CT molecular complexity index is 857. The summed E-state index contributed by atoms with van der Waals surface area (Å²) in [5.74, 6) is 0.426. The lowest BCUT2D eigenvalue weighted by molar-refractivity contribution is -0.138. The number of hydrogen-bond donors (Lipinski definition) is 2. The van der Waals surface area contributed by atoms with E-state index in [2.05, 4.69) is 25.6 Å². The first kappa shape index (κ1) is 25.1. The van der Waals surface area contributed by atoms with Gasteiger partial charge in [-0.05, 0) is 25.0 Å². The number of anilines is 1. The molecule has 2 N–H and O–H groups in total. The van der Waals surface area contributed by atoms with Gasteiger partial charge in [-0.15, -0.1) is 24.0 Å². The highest BCUT2D eigenvalue weighted by atomic mass is 127. The summed E-state index contributed by atoms with van der Waals surface area (Å²) < 4.78 is 46.2. The Hall–Kier alpha value is -2.18. The quantitative estimate of drug-likeness (QED) is 0.250. The zero-order valence-electron chi connectivity index (χ0n) is 17.5. The van der Waals surface area contributed by atoms with Gasteiger partial charge in [0.25, 0.3) is 0 Å². The van der Waals surface area contributed by atoms with Crippen molar-refractivity contribution in [1.82, 2.24) is 20.4 Å². The number of piperidine rings is 1. The van der Waals surface area contributed by atoms with Gasteiger partial charge in [0, 0.05) is 39.4 Å². The molecule has 1 aromatic carbocycles. The summed E-state index contributed by atoms with van der Waals surface area (Å²) in [6.07, 6.45) is 1.45. The van der Waals surface area contributed by atoms with Gasteiger partial charge in [0.2, 0.25) is 0 Å². The van der Waals surface area contributed by atoms with E-state index in [0.717, 1.165) is 37.7 Å². The van der Waals surface area contributed by atoms with Gasteiger partial charge in [0.15, 0.2) is 5.96 Å². The number of benzene rings is 1. The third-order valence-electron chi connectivity index (χ3n) is 4.89. The fourth-order valence-electron chi connectivity index (χ4n) is 3.45. The first-order chi connectivity index (χ1) is 14.4. The summed E-state index contributed by atoms with van der Waals surface area (Å²) in [7, 11) is 3.56. The van der Waals surface area contributed by atoms with Crippen LogP contribution in [-0.4, -0.2) is 55.1 Å². The summed E-state index contributed by atoms with van der Waals surface area (Å²) in [4.78, 5) is 6.49. The zero-order valence-corrected chi connectivity index (χ0v) is 19.9. The number of nitrogens with one attached hydrogen (secondary N) is 2. The van der Waals surface area contributed by atoms with E-state index in [0.29, 0.717) is 12.5 Å². The van der Waals surface area contributed by atoms with Gasteiger partial charge >= 0.3 is 6.18 Å². The molecule has 1 aliphatic heterocycles. The highest BCUT2D eigenvalue weighted by Gasteiger charge is 2.34. The summed E-state index contributed by atoms with van der Waals surface area (Å²) in [5.41, 5.74) is 0.314. The largest absolute Gasteiger partial charge is 0.491 e. The van der Waals surface area contributed by atoms with E-state index in [4.69, 9.17) is 4.74 Å². The molecule has 31 heavy (non-hydrogen) atoms. The molecule has 0 spiro atoms. The van der Waals surface area contributed by atoms with E-state index in [1.807, 2.05) is 19.4 Å². The van der Waals surface area contributed by atoms with Crippen molar-refractivity contribution in [1.29, 1.82) is 0 Å². The normalized spacial score (nSPS) is 17.1. The van der Waals surface area contributed by atoms with Crippen molar-refractivity contribution in [2.24, 2.45) is 12.0 Å². The molecule has 1 aliphatic rings. The number of halogens is 4. The van der Waals surface area contributed by atoms with Crippen molar-refractivity contribution in [3.8, 4) is 5.75 Å². The van der Waals surface area contributed by atoms with E-state index in [-0.39, 0.29) is 42.4 Å². The molecule has 3 rings (SSSR count). The molecule has 1 atom stereocenters. The predicted octanol–water partition coefficient (Wildman–Crippen LogP) is 3.27. The van der Waals surface area contributed by atoms with Gasteiger partial charge in [-0.3, -0.25) is 9.67 Å². The van der Waals surface area contributed by atoms with Crippen molar-refractivity contribution in [2.75, 3.05) is 38.2 Å². The fourth-order valence-corrected chi connectivity index (χ4v) is 3.45. The maximum Gasteiger partial charge on any atom is 0.419 e. The molecule has 1 fully saturated rings. The molecule has 1 unspecified atom stereocenters. The van der Waals surface area contributed by atoms with E-state index in [1.54, 1.807) is 11.7 Å². The van der Waals surface area contributed by atoms with Crippen molar-refractivity contribution in [3.63, 3.8) is 0 Å². The van der Waals surface area contributed by atoms with Crippen molar-refractivity contribution < 1.29 is 17.9 Å². The van der Waals surface area contributed by atoms with Gasteiger partial charge in [0.05, 0.1) is 24.0 Å². The van der Waals surface area contributed by atoms with Crippen LogP contribution in [0.2, 0.25) is 0 Å². The van der Waals surface area contributed by atoms with Crippen LogP contribution in [0.5, 0.6) is 5.75 Å². The van der Waals surface area contributed by atoms with Crippen LogP contribution in [-0.2, 0) is 13.2 Å². The molecule has 1 aromatic heterocycles. The SMILES string of the molecule is CN=C(NCCOc1ccccc1C(F)(F)F)NC1CCCN(c2cnn(C)c2)C1.I. The monoisotopic (exact) mass is 552 g/mol. The van der Waals surface area contributed by atoms with Crippen LogP contribution in [0.3, 0.4) is 0 Å². The summed E-state index contributed by atoms with van der Waals surface area (Å²) >= 11 is 0. The molecule has 2 aromatic rings. The molecule has 0 bridgehead atoms. The second kappa shape index (κ2) is 11.4. The summed E-state index contributed by atoms with van der Waals surface area (Å²) in [5, 5.41) is 10.7. The first-order valence-electron chi connectivity index (χ1n) is 9.86. The Balaban J connectivity index is 0.00000341. The van der Waals surface area contributed by atoms with Crippen LogP contribution >= 0.6 is 24.0 Å². The fraction of sp³-hybridized carbons (Fsp3) is 0.500. The van der Waals surface area contributed by atoms with Crippen LogP contribution < -0.4 is 20.3 Å². The average Bonchev–Trinajstić information content (AvgIpc) is 3.16. The zero-order chi connectivity index (χ0) is 21.6. The molecule has 172 valence electrons. The Morgan fingerprint density at radius 3 is 2.77 bits per heavy atom. The summed E-state index contributed by atoms with van der Waals surface area (Å²) in [6.45, 7) is 2.20. The smallest absolute Gasteiger partial charge is 0.419 e. The Kier molecular flexibility index (Phi) is 9.26. The van der Waals surface area contributed by atoms with Crippen LogP contribution in [0.15, 0.2) is 41.7 Å². The number of nitrogens with zero attached hydrogens (tertiary/aromatic N) is 4. The molecule has 0 saturated carbocycles. The highest BCUT2D eigenvalue weighted by molar-refractivity contribution is 14.0. The molecular formula is C20H28F3IN6O. The number of aryl methyl sites for hydroxylation is 1. The minimum Gasteiger partial charge on any atom is -0.491 e. The molecule has 0 amide bonds. The number of guanidine groups is 1. The highest BCUT2D eigenvalue weighted by Crippen LogP contribution is 2.35. The van der Waals surface area contributed by atoms with Crippen LogP contribution in [0.4, 0.5) is 18.9 Å². The van der Waals surface area contributed by atoms with Crippen molar-refractivity contribution in [3.05, 3.63) is 42.2 Å². The molecule has 2 heterocycles. The molecular weight excluding hydrogens is 524 g/mol. The first-order valence-corrected chi connectivity index (χ1v) is 9.86. The second-order valence-corrected chi connectivity index (χ2v) is 7.14. The number of hydrogen-bond acceptors (Lipinski definition) is 4. The Morgan fingerprint density at radius 2 is 2.10 bits per heavy atom. The minimum atomic E-state index is -4.44. The second-order valence-electron chi connectivity index (χ2n) is 7.14. The van der Waals surface area contributed by atoms with Crippen molar-refractivity contribution in [2.45, 2.75) is 25.1 Å². The van der Waals surface area contributed by atoms with Crippen LogP contribution in [0, 0.1) is 0 Å². The van der Waals surface area contributed by atoms with Crippen molar-refractivity contribution >= 4 is 35.6 Å². The Labute approximate surface area is 197 Å². The van der Waals surface area contributed by atoms with E-state index < -0.39 is 11.7 Å². The number of aliphatic imine (C=N–C) groups is 1. The van der Waals surface area contributed by atoms with Gasteiger partial charge < -0.3 is 20.3 Å². The minimum absolute atomic E-state index is 0. The van der Waals surface area contributed by atoms with Crippen LogP contribution in [0.1, 0.15) is 18.4 Å². The lowest BCUT2D eigenvalue weighted by Gasteiger charge is -2.34. The van der Waals surface area contributed by atoms with E-state index >= 15 is 0 Å². The standard InChI is InChI=1S/C20H27F3N6O.HI/c1-24-19(25-9-11-30-18-8-4-3-7-17(18)20(21,22)23)27-15-6-5-10-29(13-15)16-12-26-28(2)14-16;/h3-4,7-8,12,14-15H,5-6,9-11,13H2,1-2H3,(H2,24,25,27);1H. The third kappa shape index (κ3) is 7.18. The number of para-hydroxylation sites is 1. The van der Waals surface area contributed by atoms with E-state index in [9.17, 15) is 13.2 Å². The maximum absolute atomic E-state index is 13.0. The third-order valence-corrected chi connectivity index (χ3v) is 4.89. The van der Waals surface area contributed by atoms with Gasteiger partial charge in [-0.1, -0.05) is 12.1 Å². The van der Waals surface area contributed by atoms with E-state index in [1.165, 1.54) is 18.2 Å². The molecule has 1 saturated heterocycles. The average molecular weight is 552 g/mol. The lowest BCUT2D eigenvalue weighted by atomic mass is 10.1. The lowest BCUT2D eigenvalue weighted by Crippen LogP contribution is -2.51. The molecule has 11 heteroatoms. The topological polar surface area (TPSA) is 66.7 Å². The molecule has 0 radical (unpaired) electrons. The van der Waals surface area contributed by atoms with Gasteiger partial charge in [-0.25, -0.2) is 0 Å². The molecule has 0 aliphatic carbocycles. The number of alkyl halides is 3. The summed E-state index contributed by atoms with van der Waals surface area (Å²) in [6, 6.07) is 5.41. The van der Waals surface area contributed by atoms with Crippen LogP contribution in [0.25, 0.3) is 0 Å². The number of aromatic nitrogens is 2. The number of ether oxygens (including phenoxy) is 1. The predicted molar refractivity (Wildman–Crippen MR) is 125 cm³/mol. The van der Waals surface area contributed by atoms with Gasteiger partial charge in [-0.2, -0.15) is 18.3 Å². The maximum atomic E-state index is 13.0. The number of rotatable bonds is 6.